The Bertz CT molecular complexity index is 799. The average molecular weight is 338 g/mol. The summed E-state index contributed by atoms with van der Waals surface area (Å²) in [7, 11) is 0. The molecule has 1 aromatic heterocycles. The summed E-state index contributed by atoms with van der Waals surface area (Å²) in [5.41, 5.74) is -2.73. The van der Waals surface area contributed by atoms with E-state index in [4.69, 9.17) is 4.52 Å². The van der Waals surface area contributed by atoms with E-state index in [1.54, 1.807) is 12.1 Å². The number of nitrogens with zero attached hydrogens (tertiary/aromatic N) is 1. The molecule has 1 N–H and O–H groups in total. The Kier molecular flexibility index (Phi) is 4.21. The van der Waals surface area contributed by atoms with Crippen molar-refractivity contribution in [2.45, 2.75) is 23.4 Å². The fourth-order valence-corrected chi connectivity index (χ4v) is 2.78. The minimum atomic E-state index is -4.27. The van der Waals surface area contributed by atoms with Gasteiger partial charge in [-0.1, -0.05) is 29.4 Å². The highest BCUT2D eigenvalue weighted by molar-refractivity contribution is 8.00. The molecule has 0 radical (unpaired) electrons. The first-order chi connectivity index (χ1) is 10.9. The van der Waals surface area contributed by atoms with E-state index >= 15 is 0 Å². The van der Waals surface area contributed by atoms with Gasteiger partial charge < -0.3 is 9.84 Å². The molecule has 1 unspecified atom stereocenters. The van der Waals surface area contributed by atoms with Gasteiger partial charge in [-0.2, -0.15) is 13.2 Å². The molecular formula is C16H13F3N2OS. The van der Waals surface area contributed by atoms with Gasteiger partial charge in [0.05, 0.1) is 11.4 Å². The minimum absolute atomic E-state index is 0.117. The van der Waals surface area contributed by atoms with Crippen LogP contribution in [-0.2, 0) is 0 Å². The van der Waals surface area contributed by atoms with E-state index in [1.807, 2.05) is 31.2 Å². The fraction of sp³-hybridized carbons (Fsp3) is 0.188. The number of fused-ring (bicyclic) bond motifs is 1. The highest BCUT2D eigenvalue weighted by atomic mass is 32.2. The molecule has 0 amide bonds. The fourth-order valence-electron chi connectivity index (χ4n) is 2.24. The van der Waals surface area contributed by atoms with Crippen molar-refractivity contribution in [1.29, 1.82) is 0 Å². The molecule has 3 nitrogen and oxygen atoms in total. The minimum Gasteiger partial charge on any atom is -0.360 e. The van der Waals surface area contributed by atoms with E-state index in [2.05, 4.69) is 10.5 Å². The number of hydrogen-bond donors (Lipinski definition) is 1. The SMILES string of the molecule is CC(Nc1noc2ccccc12)c1ccc(SC(F)(F)F)cc1. The van der Waals surface area contributed by atoms with Gasteiger partial charge in [-0.25, -0.2) is 0 Å². The molecule has 3 aromatic rings. The number of para-hydroxylation sites is 1. The number of benzene rings is 2. The molecule has 0 aliphatic heterocycles. The van der Waals surface area contributed by atoms with Crippen LogP contribution in [0.4, 0.5) is 19.0 Å². The van der Waals surface area contributed by atoms with Crippen molar-refractivity contribution in [3.05, 3.63) is 54.1 Å². The van der Waals surface area contributed by atoms with E-state index < -0.39 is 5.51 Å². The summed E-state index contributed by atoms with van der Waals surface area (Å²) in [6.07, 6.45) is 0. The van der Waals surface area contributed by atoms with E-state index in [9.17, 15) is 13.2 Å². The summed E-state index contributed by atoms with van der Waals surface area (Å²) in [6.45, 7) is 1.91. The molecule has 0 spiro atoms. The quantitative estimate of drug-likeness (QED) is 0.627. The van der Waals surface area contributed by atoms with Crippen molar-refractivity contribution >= 4 is 28.5 Å². The Hall–Kier alpha value is -2.15. The van der Waals surface area contributed by atoms with Gasteiger partial charge in [0.15, 0.2) is 11.4 Å². The summed E-state index contributed by atoms with van der Waals surface area (Å²) in [5, 5.41) is 8.07. The largest absolute Gasteiger partial charge is 0.446 e. The lowest BCUT2D eigenvalue weighted by Gasteiger charge is -2.14. The molecule has 120 valence electrons. The monoisotopic (exact) mass is 338 g/mol. The van der Waals surface area contributed by atoms with Crippen molar-refractivity contribution < 1.29 is 17.7 Å². The molecule has 0 aliphatic carbocycles. The molecule has 1 heterocycles. The zero-order valence-corrected chi connectivity index (χ0v) is 12.9. The summed E-state index contributed by atoms with van der Waals surface area (Å²) < 4.78 is 42.2. The van der Waals surface area contributed by atoms with Gasteiger partial charge in [0.2, 0.25) is 0 Å². The van der Waals surface area contributed by atoms with Crippen LogP contribution in [0.5, 0.6) is 0 Å². The highest BCUT2D eigenvalue weighted by Crippen LogP contribution is 2.37. The number of nitrogens with one attached hydrogen (secondary N) is 1. The van der Waals surface area contributed by atoms with Crippen molar-refractivity contribution in [2.24, 2.45) is 0 Å². The molecular weight excluding hydrogens is 325 g/mol. The average Bonchev–Trinajstić information content (AvgIpc) is 2.90. The Labute approximate surface area is 134 Å². The predicted octanol–water partition coefficient (Wildman–Crippen LogP) is 5.61. The Morgan fingerprint density at radius 2 is 1.78 bits per heavy atom. The van der Waals surface area contributed by atoms with Crippen molar-refractivity contribution in [3.63, 3.8) is 0 Å². The third-order valence-corrected chi connectivity index (χ3v) is 4.08. The van der Waals surface area contributed by atoms with Crippen LogP contribution in [0.15, 0.2) is 57.9 Å². The predicted molar refractivity (Wildman–Crippen MR) is 84.4 cm³/mol. The van der Waals surface area contributed by atoms with Crippen LogP contribution in [-0.4, -0.2) is 10.7 Å². The summed E-state index contributed by atoms with van der Waals surface area (Å²) in [5.74, 6) is 0.613. The van der Waals surface area contributed by atoms with Crippen LogP contribution in [0.25, 0.3) is 11.0 Å². The lowest BCUT2D eigenvalue weighted by molar-refractivity contribution is -0.0328. The Morgan fingerprint density at radius 3 is 2.48 bits per heavy atom. The molecule has 1 atom stereocenters. The van der Waals surface area contributed by atoms with Crippen LogP contribution in [0, 0.1) is 0 Å². The van der Waals surface area contributed by atoms with Crippen LogP contribution < -0.4 is 5.32 Å². The van der Waals surface area contributed by atoms with E-state index in [1.165, 1.54) is 12.1 Å². The first kappa shape index (κ1) is 15.7. The summed E-state index contributed by atoms with van der Waals surface area (Å²) in [4.78, 5) is 0.167. The molecule has 0 fully saturated rings. The van der Waals surface area contributed by atoms with Gasteiger partial charge >= 0.3 is 5.51 Å². The number of thioether (sulfide) groups is 1. The van der Waals surface area contributed by atoms with Crippen LogP contribution >= 0.6 is 11.8 Å². The van der Waals surface area contributed by atoms with Gasteiger partial charge in [-0.15, -0.1) is 0 Å². The summed E-state index contributed by atoms with van der Waals surface area (Å²) in [6, 6.07) is 13.6. The summed E-state index contributed by atoms with van der Waals surface area (Å²) >= 11 is -0.119. The second-order valence-corrected chi connectivity index (χ2v) is 6.15. The number of hydrogen-bond acceptors (Lipinski definition) is 4. The number of aromatic nitrogens is 1. The molecule has 2 aromatic carbocycles. The molecule has 0 bridgehead atoms. The lowest BCUT2D eigenvalue weighted by Crippen LogP contribution is -2.07. The number of anilines is 1. The first-order valence-electron chi connectivity index (χ1n) is 6.89. The first-order valence-corrected chi connectivity index (χ1v) is 7.71. The molecule has 0 aliphatic rings. The number of alkyl halides is 3. The maximum absolute atomic E-state index is 12.3. The van der Waals surface area contributed by atoms with Gasteiger partial charge in [0.1, 0.15) is 0 Å². The third kappa shape index (κ3) is 3.79. The maximum atomic E-state index is 12.3. The lowest BCUT2D eigenvalue weighted by atomic mass is 10.1. The van der Waals surface area contributed by atoms with E-state index in [0.717, 1.165) is 10.9 Å². The second kappa shape index (κ2) is 6.16. The Morgan fingerprint density at radius 1 is 1.09 bits per heavy atom. The second-order valence-electron chi connectivity index (χ2n) is 5.01. The number of rotatable bonds is 4. The van der Waals surface area contributed by atoms with Gasteiger partial charge in [0, 0.05) is 4.90 Å². The van der Waals surface area contributed by atoms with Gasteiger partial charge in [0.25, 0.3) is 0 Å². The standard InChI is InChI=1S/C16H13F3N2OS/c1-10(11-6-8-12(9-7-11)23-16(17,18)19)20-15-13-4-2-3-5-14(13)22-21-15/h2-10H,1H3,(H,20,21). The van der Waals surface area contributed by atoms with E-state index in [0.29, 0.717) is 11.4 Å². The molecule has 7 heteroatoms. The zero-order chi connectivity index (χ0) is 16.4. The Balaban J connectivity index is 1.74. The van der Waals surface area contributed by atoms with Gasteiger partial charge in [-0.05, 0) is 48.5 Å². The van der Waals surface area contributed by atoms with Crippen LogP contribution in [0.2, 0.25) is 0 Å². The third-order valence-electron chi connectivity index (χ3n) is 3.34. The highest BCUT2D eigenvalue weighted by Gasteiger charge is 2.29. The molecule has 0 saturated heterocycles. The van der Waals surface area contributed by atoms with Gasteiger partial charge in [-0.3, -0.25) is 0 Å². The van der Waals surface area contributed by atoms with Crippen molar-refractivity contribution in [2.75, 3.05) is 5.32 Å². The van der Waals surface area contributed by atoms with E-state index in [-0.39, 0.29) is 22.7 Å². The molecule has 0 saturated carbocycles. The molecule has 23 heavy (non-hydrogen) atoms. The maximum Gasteiger partial charge on any atom is 0.446 e. The van der Waals surface area contributed by atoms with Crippen molar-refractivity contribution in [3.8, 4) is 0 Å². The topological polar surface area (TPSA) is 38.1 Å². The van der Waals surface area contributed by atoms with Crippen molar-refractivity contribution in [1.82, 2.24) is 5.16 Å². The number of halogens is 3. The smallest absolute Gasteiger partial charge is 0.360 e. The molecule has 3 rings (SSSR count). The normalized spacial score (nSPS) is 13.2. The van der Waals surface area contributed by atoms with Crippen LogP contribution in [0.1, 0.15) is 18.5 Å². The van der Waals surface area contributed by atoms with Crippen LogP contribution in [0.3, 0.4) is 0 Å². The zero-order valence-electron chi connectivity index (χ0n) is 12.1.